The Labute approximate surface area is 146 Å². The minimum Gasteiger partial charge on any atom is -0.481 e. The van der Waals surface area contributed by atoms with E-state index < -0.39 is 30.3 Å². The number of hydrogen-bond donors (Lipinski definition) is 2. The second-order valence-electron chi connectivity index (χ2n) is 4.41. The van der Waals surface area contributed by atoms with Crippen molar-refractivity contribution in [3.05, 3.63) is 35.9 Å². The van der Waals surface area contributed by atoms with Crippen molar-refractivity contribution in [2.45, 2.75) is 33.6 Å². The summed E-state index contributed by atoms with van der Waals surface area (Å²) in [5, 5.41) is 15.4. The number of aliphatic carboxylic acids is 2. The van der Waals surface area contributed by atoms with Crippen LogP contribution in [0.25, 0.3) is 0 Å². The van der Waals surface area contributed by atoms with Crippen molar-refractivity contribution in [1.29, 1.82) is 0 Å². The fourth-order valence-corrected chi connectivity index (χ4v) is 1.21. The Balaban J connectivity index is 0. The molecule has 8 heteroatoms. The number of aryl methyl sites for hydroxylation is 1. The van der Waals surface area contributed by atoms with Gasteiger partial charge in [-0.15, -0.1) is 0 Å². The average Bonchev–Trinajstić information content (AvgIpc) is 2.48. The summed E-state index contributed by atoms with van der Waals surface area (Å²) in [6.45, 7) is 6.03. The molecule has 2 N–H and O–H groups in total. The third kappa shape index (κ3) is 21.1. The van der Waals surface area contributed by atoms with Crippen LogP contribution in [0.15, 0.2) is 30.3 Å². The first-order valence-electron chi connectivity index (χ1n) is 7.49. The fourth-order valence-electron chi connectivity index (χ4n) is 1.21. The molecule has 0 unspecified atom stereocenters. The van der Waals surface area contributed by atoms with Gasteiger partial charge < -0.3 is 19.7 Å². The van der Waals surface area contributed by atoms with Gasteiger partial charge in [-0.2, -0.15) is 0 Å². The van der Waals surface area contributed by atoms with Crippen LogP contribution >= 0.6 is 0 Å². The molecule has 0 bridgehead atoms. The molecule has 0 amide bonds. The van der Waals surface area contributed by atoms with E-state index in [4.69, 9.17) is 10.2 Å². The predicted molar refractivity (Wildman–Crippen MR) is 89.0 cm³/mol. The Morgan fingerprint density at radius 3 is 1.40 bits per heavy atom. The maximum atomic E-state index is 10.6. The maximum absolute atomic E-state index is 10.6. The van der Waals surface area contributed by atoms with Crippen LogP contribution in [-0.2, 0) is 28.7 Å². The molecule has 0 aliphatic rings. The molecule has 0 aromatic heterocycles. The minimum absolute atomic E-state index is 0.290. The van der Waals surface area contributed by atoms with Gasteiger partial charge in [0.1, 0.15) is 12.8 Å². The summed E-state index contributed by atoms with van der Waals surface area (Å²) in [6, 6.07) is 10.3. The lowest BCUT2D eigenvalue weighted by atomic mass is 10.2. The highest BCUT2D eigenvalue weighted by molar-refractivity contribution is 5.91. The molecule has 0 aliphatic heterocycles. The van der Waals surface area contributed by atoms with Gasteiger partial charge in [-0.3, -0.25) is 19.2 Å². The SMILES string of the molecule is CCOC(=O)CC(=O)OCC.Cc1ccccc1.O=C(O)CC(=O)O. The van der Waals surface area contributed by atoms with Gasteiger partial charge in [0.15, 0.2) is 0 Å². The van der Waals surface area contributed by atoms with Gasteiger partial charge in [-0.05, 0) is 20.8 Å². The number of esters is 2. The van der Waals surface area contributed by atoms with Crippen LogP contribution in [0, 0.1) is 6.92 Å². The molecule has 0 heterocycles. The van der Waals surface area contributed by atoms with Crippen molar-refractivity contribution in [2.24, 2.45) is 0 Å². The topological polar surface area (TPSA) is 127 Å². The molecule has 25 heavy (non-hydrogen) atoms. The number of benzene rings is 1. The highest BCUT2D eigenvalue weighted by atomic mass is 16.6. The Bertz CT molecular complexity index is 497. The van der Waals surface area contributed by atoms with E-state index in [-0.39, 0.29) is 19.6 Å². The molecule has 0 saturated carbocycles. The highest BCUT2D eigenvalue weighted by Crippen LogP contribution is 1.92. The number of carbonyl (C=O) groups is 4. The summed E-state index contributed by atoms with van der Waals surface area (Å²) < 4.78 is 9.04. The van der Waals surface area contributed by atoms with E-state index >= 15 is 0 Å². The highest BCUT2D eigenvalue weighted by Gasteiger charge is 2.09. The summed E-state index contributed by atoms with van der Waals surface area (Å²) in [5.74, 6) is -3.70. The van der Waals surface area contributed by atoms with Gasteiger partial charge in [0.2, 0.25) is 0 Å². The lowest BCUT2D eigenvalue weighted by Crippen LogP contribution is -2.13. The lowest BCUT2D eigenvalue weighted by Gasteiger charge is -2.00. The number of carbonyl (C=O) groups excluding carboxylic acids is 2. The molecule has 0 spiro atoms. The standard InChI is InChI=1S/C7H12O4.C7H8.C3H4O4/c1-3-10-6(8)5-7(9)11-4-2;1-7-5-3-2-4-6-7;4-2(5)1-3(6)7/h3-5H2,1-2H3;2-6H,1H3;1H2,(H,4,5)(H,6,7). The molecule has 1 aromatic rings. The predicted octanol–water partition coefficient (Wildman–Crippen LogP) is 2.04. The lowest BCUT2D eigenvalue weighted by molar-refractivity contribution is -0.154. The summed E-state index contributed by atoms with van der Waals surface area (Å²) in [7, 11) is 0. The van der Waals surface area contributed by atoms with E-state index in [1.54, 1.807) is 13.8 Å². The molecule has 0 atom stereocenters. The molecule has 0 radical (unpaired) electrons. The van der Waals surface area contributed by atoms with E-state index in [9.17, 15) is 19.2 Å². The van der Waals surface area contributed by atoms with E-state index in [0.717, 1.165) is 0 Å². The summed E-state index contributed by atoms with van der Waals surface area (Å²) in [6.07, 6.45) is -1.10. The van der Waals surface area contributed by atoms with Crippen molar-refractivity contribution in [1.82, 2.24) is 0 Å². The molecular formula is C17H24O8. The first-order chi connectivity index (χ1) is 11.7. The van der Waals surface area contributed by atoms with Gasteiger partial charge in [-0.1, -0.05) is 35.9 Å². The molecule has 0 saturated heterocycles. The number of hydrogen-bond acceptors (Lipinski definition) is 6. The first-order valence-corrected chi connectivity index (χ1v) is 7.49. The summed E-state index contributed by atoms with van der Waals surface area (Å²) in [4.78, 5) is 40.1. The van der Waals surface area contributed by atoms with Crippen molar-refractivity contribution in [2.75, 3.05) is 13.2 Å². The number of carboxylic acids is 2. The second kappa shape index (κ2) is 16.0. The van der Waals surface area contributed by atoms with Crippen LogP contribution in [0.5, 0.6) is 0 Å². The van der Waals surface area contributed by atoms with Crippen LogP contribution in [0.3, 0.4) is 0 Å². The number of carboxylic acid groups (broad SMARTS) is 2. The molecular weight excluding hydrogens is 332 g/mol. The first kappa shape index (κ1) is 24.4. The van der Waals surface area contributed by atoms with E-state index in [1.807, 2.05) is 18.2 Å². The monoisotopic (exact) mass is 356 g/mol. The minimum atomic E-state index is -1.31. The van der Waals surface area contributed by atoms with Crippen molar-refractivity contribution >= 4 is 23.9 Å². The van der Waals surface area contributed by atoms with Crippen molar-refractivity contribution in [3.63, 3.8) is 0 Å². The Hall–Kier alpha value is -2.90. The van der Waals surface area contributed by atoms with Crippen molar-refractivity contribution in [3.8, 4) is 0 Å². The number of ether oxygens (including phenoxy) is 2. The average molecular weight is 356 g/mol. The molecule has 140 valence electrons. The van der Waals surface area contributed by atoms with Crippen LogP contribution in [0.2, 0.25) is 0 Å². The molecule has 8 nitrogen and oxygen atoms in total. The van der Waals surface area contributed by atoms with E-state index in [1.165, 1.54) is 5.56 Å². The van der Waals surface area contributed by atoms with E-state index in [0.29, 0.717) is 0 Å². The molecule has 1 rings (SSSR count). The largest absolute Gasteiger partial charge is 0.481 e. The Morgan fingerprint density at radius 1 is 0.800 bits per heavy atom. The summed E-state index contributed by atoms with van der Waals surface area (Å²) in [5.41, 5.74) is 1.32. The van der Waals surface area contributed by atoms with Gasteiger partial charge in [0.05, 0.1) is 13.2 Å². The normalized spacial score (nSPS) is 8.60. The zero-order chi connectivity index (χ0) is 19.7. The van der Waals surface area contributed by atoms with Crippen LogP contribution in [0.1, 0.15) is 32.3 Å². The molecule has 0 aliphatic carbocycles. The fraction of sp³-hybridized carbons (Fsp3) is 0.412. The quantitative estimate of drug-likeness (QED) is 0.585. The third-order valence-corrected chi connectivity index (χ3v) is 2.14. The summed E-state index contributed by atoms with van der Waals surface area (Å²) >= 11 is 0. The van der Waals surface area contributed by atoms with Gasteiger partial charge in [0.25, 0.3) is 0 Å². The van der Waals surface area contributed by atoms with Crippen LogP contribution in [-0.4, -0.2) is 47.3 Å². The van der Waals surface area contributed by atoms with Gasteiger partial charge in [-0.25, -0.2) is 0 Å². The molecule has 1 aromatic carbocycles. The Morgan fingerprint density at radius 2 is 1.20 bits per heavy atom. The van der Waals surface area contributed by atoms with E-state index in [2.05, 4.69) is 28.5 Å². The zero-order valence-corrected chi connectivity index (χ0v) is 14.6. The van der Waals surface area contributed by atoms with Crippen LogP contribution in [0.4, 0.5) is 0 Å². The third-order valence-electron chi connectivity index (χ3n) is 2.14. The smallest absolute Gasteiger partial charge is 0.317 e. The van der Waals surface area contributed by atoms with Crippen LogP contribution < -0.4 is 0 Å². The van der Waals surface area contributed by atoms with Crippen molar-refractivity contribution < 1.29 is 38.9 Å². The zero-order valence-electron chi connectivity index (χ0n) is 14.6. The molecule has 0 fully saturated rings. The Kier molecular flexibility index (Phi) is 15.6. The van der Waals surface area contributed by atoms with Gasteiger partial charge in [0, 0.05) is 0 Å². The maximum Gasteiger partial charge on any atom is 0.317 e. The second-order valence-corrected chi connectivity index (χ2v) is 4.41. The number of rotatable bonds is 6. The van der Waals surface area contributed by atoms with Gasteiger partial charge >= 0.3 is 23.9 Å².